The SMILES string of the molecule is O=[N+]([O-])c1cn(C/C=C/c2ccccc2)cn1. The second kappa shape index (κ2) is 5.07. The van der Waals surface area contributed by atoms with E-state index in [1.165, 1.54) is 12.5 Å². The molecule has 0 amide bonds. The molecule has 86 valence electrons. The van der Waals surface area contributed by atoms with Crippen molar-refractivity contribution in [2.75, 3.05) is 0 Å². The van der Waals surface area contributed by atoms with Crippen LogP contribution in [0, 0.1) is 10.1 Å². The number of rotatable bonds is 4. The van der Waals surface area contributed by atoms with Crippen molar-refractivity contribution in [3.05, 3.63) is 64.6 Å². The van der Waals surface area contributed by atoms with Gasteiger partial charge in [0.15, 0.2) is 0 Å². The van der Waals surface area contributed by atoms with Crippen molar-refractivity contribution < 1.29 is 4.92 Å². The summed E-state index contributed by atoms with van der Waals surface area (Å²) in [5.41, 5.74) is 1.10. The molecule has 2 rings (SSSR count). The molecule has 0 atom stereocenters. The predicted molar refractivity (Wildman–Crippen MR) is 64.4 cm³/mol. The first-order valence-corrected chi connectivity index (χ1v) is 5.13. The van der Waals surface area contributed by atoms with Crippen LogP contribution in [0.5, 0.6) is 0 Å². The Morgan fingerprint density at radius 2 is 2.12 bits per heavy atom. The molecule has 0 N–H and O–H groups in total. The van der Waals surface area contributed by atoms with Crippen molar-refractivity contribution in [1.29, 1.82) is 0 Å². The van der Waals surface area contributed by atoms with Gasteiger partial charge in [-0.05, 0) is 15.5 Å². The lowest BCUT2D eigenvalue weighted by Crippen LogP contribution is -1.90. The first-order chi connectivity index (χ1) is 8.25. The van der Waals surface area contributed by atoms with Gasteiger partial charge in [-0.2, -0.15) is 0 Å². The van der Waals surface area contributed by atoms with Crippen molar-refractivity contribution in [3.63, 3.8) is 0 Å². The minimum Gasteiger partial charge on any atom is -0.358 e. The zero-order chi connectivity index (χ0) is 12.1. The first-order valence-electron chi connectivity index (χ1n) is 5.13. The highest BCUT2D eigenvalue weighted by molar-refractivity contribution is 5.48. The van der Waals surface area contributed by atoms with Gasteiger partial charge in [0.05, 0.1) is 0 Å². The standard InChI is InChI=1S/C12H11N3O2/c16-15(17)12-9-14(10-13-12)8-4-7-11-5-2-1-3-6-11/h1-7,9-10H,8H2/b7-4+. The number of allylic oxidation sites excluding steroid dienone is 1. The van der Waals surface area contributed by atoms with Gasteiger partial charge >= 0.3 is 5.82 Å². The van der Waals surface area contributed by atoms with Crippen LogP contribution < -0.4 is 0 Å². The largest absolute Gasteiger partial charge is 0.381 e. The van der Waals surface area contributed by atoms with Gasteiger partial charge in [-0.15, -0.1) is 0 Å². The molecule has 0 fully saturated rings. The van der Waals surface area contributed by atoms with Crippen LogP contribution >= 0.6 is 0 Å². The Labute approximate surface area is 98.2 Å². The average molecular weight is 229 g/mol. The van der Waals surface area contributed by atoms with E-state index in [-0.39, 0.29) is 5.82 Å². The third-order valence-corrected chi connectivity index (χ3v) is 2.23. The number of hydrogen-bond donors (Lipinski definition) is 0. The monoisotopic (exact) mass is 229 g/mol. The molecule has 2 aromatic rings. The van der Waals surface area contributed by atoms with Crippen LogP contribution in [0.1, 0.15) is 5.56 Å². The average Bonchev–Trinajstić information content (AvgIpc) is 2.79. The molecule has 0 saturated heterocycles. The van der Waals surface area contributed by atoms with Gasteiger partial charge in [-0.25, -0.2) is 0 Å². The van der Waals surface area contributed by atoms with Crippen molar-refractivity contribution in [1.82, 2.24) is 9.55 Å². The molecule has 0 unspecified atom stereocenters. The lowest BCUT2D eigenvalue weighted by Gasteiger charge is -1.93. The smallest absolute Gasteiger partial charge is 0.358 e. The van der Waals surface area contributed by atoms with E-state index in [2.05, 4.69) is 4.98 Å². The summed E-state index contributed by atoms with van der Waals surface area (Å²) < 4.78 is 1.66. The highest BCUT2D eigenvalue weighted by Gasteiger charge is 2.07. The number of nitro groups is 1. The molecule has 1 aromatic carbocycles. The highest BCUT2D eigenvalue weighted by atomic mass is 16.6. The molecule has 5 nitrogen and oxygen atoms in total. The Hall–Kier alpha value is -2.43. The van der Waals surface area contributed by atoms with E-state index < -0.39 is 4.92 Å². The Morgan fingerprint density at radius 1 is 1.35 bits per heavy atom. The molecular formula is C12H11N3O2. The van der Waals surface area contributed by atoms with Gasteiger partial charge in [0.2, 0.25) is 6.33 Å². The molecule has 0 aliphatic heterocycles. The third-order valence-electron chi connectivity index (χ3n) is 2.23. The van der Waals surface area contributed by atoms with Crippen molar-refractivity contribution >= 4 is 11.9 Å². The van der Waals surface area contributed by atoms with Gasteiger partial charge in [-0.3, -0.25) is 0 Å². The van der Waals surface area contributed by atoms with Crippen LogP contribution in [0.2, 0.25) is 0 Å². The van der Waals surface area contributed by atoms with Crippen LogP contribution in [0.25, 0.3) is 6.08 Å². The lowest BCUT2D eigenvalue weighted by molar-refractivity contribution is -0.389. The second-order valence-corrected chi connectivity index (χ2v) is 3.50. The van der Waals surface area contributed by atoms with E-state index in [9.17, 15) is 10.1 Å². The van der Waals surface area contributed by atoms with Crippen LogP contribution in [-0.4, -0.2) is 14.5 Å². The van der Waals surface area contributed by atoms with Crippen molar-refractivity contribution in [2.24, 2.45) is 0 Å². The fraction of sp³-hybridized carbons (Fsp3) is 0.0833. The fourth-order valence-corrected chi connectivity index (χ4v) is 1.42. The van der Waals surface area contributed by atoms with Gasteiger partial charge in [0, 0.05) is 6.54 Å². The first kappa shape index (κ1) is 11.1. The molecule has 0 aliphatic carbocycles. The van der Waals surface area contributed by atoms with Crippen LogP contribution in [0.3, 0.4) is 0 Å². The maximum Gasteiger partial charge on any atom is 0.381 e. The molecule has 0 aliphatic rings. The van der Waals surface area contributed by atoms with Crippen LogP contribution in [0.15, 0.2) is 48.9 Å². The summed E-state index contributed by atoms with van der Waals surface area (Å²) in [6, 6.07) is 9.86. The highest BCUT2D eigenvalue weighted by Crippen LogP contribution is 2.06. The summed E-state index contributed by atoms with van der Waals surface area (Å²) in [4.78, 5) is 13.6. The predicted octanol–water partition coefficient (Wildman–Crippen LogP) is 2.50. The third kappa shape index (κ3) is 3.01. The molecular weight excluding hydrogens is 218 g/mol. The summed E-state index contributed by atoms with van der Waals surface area (Å²) in [6.07, 6.45) is 6.76. The minimum atomic E-state index is -0.503. The van der Waals surface area contributed by atoms with E-state index in [0.717, 1.165) is 5.56 Å². The van der Waals surface area contributed by atoms with E-state index in [1.807, 2.05) is 42.5 Å². The van der Waals surface area contributed by atoms with E-state index in [4.69, 9.17) is 0 Å². The number of hydrogen-bond acceptors (Lipinski definition) is 3. The Kier molecular flexibility index (Phi) is 3.30. The van der Waals surface area contributed by atoms with E-state index in [0.29, 0.717) is 6.54 Å². The van der Waals surface area contributed by atoms with Crippen molar-refractivity contribution in [3.8, 4) is 0 Å². The maximum absolute atomic E-state index is 10.4. The Morgan fingerprint density at radius 3 is 2.76 bits per heavy atom. The summed E-state index contributed by atoms with van der Waals surface area (Å²) in [7, 11) is 0. The van der Waals surface area contributed by atoms with Gasteiger partial charge in [0.1, 0.15) is 6.20 Å². The normalized spacial score (nSPS) is 10.8. The van der Waals surface area contributed by atoms with Crippen molar-refractivity contribution in [2.45, 2.75) is 6.54 Å². The summed E-state index contributed by atoms with van der Waals surface area (Å²) in [5.74, 6) is -0.127. The number of benzene rings is 1. The molecule has 0 radical (unpaired) electrons. The summed E-state index contributed by atoms with van der Waals surface area (Å²) in [6.45, 7) is 0.565. The number of imidazole rings is 1. The van der Waals surface area contributed by atoms with E-state index >= 15 is 0 Å². The molecule has 17 heavy (non-hydrogen) atoms. The summed E-state index contributed by atoms with van der Waals surface area (Å²) >= 11 is 0. The van der Waals surface area contributed by atoms with E-state index in [1.54, 1.807) is 4.57 Å². The number of nitrogens with zero attached hydrogens (tertiary/aromatic N) is 3. The van der Waals surface area contributed by atoms with Gasteiger partial charge < -0.3 is 14.7 Å². The van der Waals surface area contributed by atoms with Crippen LogP contribution in [0.4, 0.5) is 5.82 Å². The zero-order valence-corrected chi connectivity index (χ0v) is 9.06. The maximum atomic E-state index is 10.4. The topological polar surface area (TPSA) is 61.0 Å². The van der Waals surface area contributed by atoms with Crippen LogP contribution in [-0.2, 0) is 6.54 Å². The molecule has 5 heteroatoms. The molecule has 0 spiro atoms. The lowest BCUT2D eigenvalue weighted by atomic mass is 10.2. The zero-order valence-electron chi connectivity index (χ0n) is 9.06. The summed E-state index contributed by atoms with van der Waals surface area (Å²) in [5, 5.41) is 10.4. The minimum absolute atomic E-state index is 0.127. The quantitative estimate of drug-likeness (QED) is 0.597. The molecule has 0 bridgehead atoms. The number of aromatic nitrogens is 2. The Balaban J connectivity index is 1.98. The second-order valence-electron chi connectivity index (χ2n) is 3.50. The Bertz CT molecular complexity index is 532. The van der Waals surface area contributed by atoms with Gasteiger partial charge in [-0.1, -0.05) is 42.5 Å². The molecule has 1 heterocycles. The fourth-order valence-electron chi connectivity index (χ4n) is 1.42. The van der Waals surface area contributed by atoms with Gasteiger partial charge in [0.25, 0.3) is 0 Å². The molecule has 0 saturated carbocycles. The molecule has 1 aromatic heterocycles.